The summed E-state index contributed by atoms with van der Waals surface area (Å²) in [4.78, 5) is 23.8. The monoisotopic (exact) mass is 478 g/mol. The molecule has 0 saturated carbocycles. The summed E-state index contributed by atoms with van der Waals surface area (Å²) in [7, 11) is 0. The lowest BCUT2D eigenvalue weighted by Gasteiger charge is -2.31. The van der Waals surface area contributed by atoms with Gasteiger partial charge < -0.3 is 10.2 Å². The Morgan fingerprint density at radius 1 is 1.06 bits per heavy atom. The van der Waals surface area contributed by atoms with Gasteiger partial charge in [0.15, 0.2) is 0 Å². The molecule has 1 fully saturated rings. The van der Waals surface area contributed by atoms with Crippen LogP contribution in [0.5, 0.6) is 0 Å². The largest absolute Gasteiger partial charge is 0.357 e. The van der Waals surface area contributed by atoms with Crippen LogP contribution in [0.15, 0.2) is 85.5 Å². The third-order valence-electron chi connectivity index (χ3n) is 6.50. The normalized spacial score (nSPS) is 14.3. The van der Waals surface area contributed by atoms with Crippen molar-refractivity contribution in [2.45, 2.75) is 26.3 Å². The minimum atomic E-state index is -0.173. The number of nitrogens with one attached hydrogen (secondary N) is 1. The summed E-state index contributed by atoms with van der Waals surface area (Å²) in [6.45, 7) is 4.83. The van der Waals surface area contributed by atoms with Crippen molar-refractivity contribution in [3.63, 3.8) is 0 Å². The fourth-order valence-corrected chi connectivity index (χ4v) is 4.31. The summed E-state index contributed by atoms with van der Waals surface area (Å²) in [6, 6.07) is 17.8. The maximum absolute atomic E-state index is 12.6. The van der Waals surface area contributed by atoms with Crippen molar-refractivity contribution in [1.82, 2.24) is 25.1 Å². The Labute approximate surface area is 211 Å². The molecule has 0 aliphatic carbocycles. The number of carbonyl (C=O) groups is 1. The van der Waals surface area contributed by atoms with E-state index in [1.807, 2.05) is 71.7 Å². The second kappa shape index (κ2) is 11.0. The van der Waals surface area contributed by atoms with Crippen molar-refractivity contribution < 1.29 is 4.79 Å². The molecule has 0 unspecified atom stereocenters. The van der Waals surface area contributed by atoms with Crippen LogP contribution in [0.3, 0.4) is 0 Å². The number of hydrogen-bond donors (Lipinski definition) is 1. The van der Waals surface area contributed by atoms with Gasteiger partial charge in [-0.25, -0.2) is 9.67 Å². The fraction of sp³-hybridized carbons (Fsp3) is 0.241. The highest BCUT2D eigenvalue weighted by Crippen LogP contribution is 2.24. The lowest BCUT2D eigenvalue weighted by molar-refractivity contribution is -0.116. The molecule has 7 heteroatoms. The van der Waals surface area contributed by atoms with Gasteiger partial charge in [0.25, 0.3) is 0 Å². The SMILES string of the molecule is CC1CCN(c2ccc(CNC(=O)/C=C/c3cn(-c4ccccc4)nc3-c3cccnc3)cn2)CC1. The Morgan fingerprint density at radius 3 is 2.61 bits per heavy atom. The average Bonchev–Trinajstić information content (AvgIpc) is 3.37. The van der Waals surface area contributed by atoms with Crippen molar-refractivity contribution in [2.75, 3.05) is 18.0 Å². The summed E-state index contributed by atoms with van der Waals surface area (Å²) in [5.74, 6) is 1.63. The molecule has 1 N–H and O–H groups in total. The number of benzene rings is 1. The zero-order valence-corrected chi connectivity index (χ0v) is 20.4. The smallest absolute Gasteiger partial charge is 0.244 e. The molecule has 0 spiro atoms. The molecule has 0 bridgehead atoms. The molecule has 5 rings (SSSR count). The molecule has 4 heterocycles. The predicted octanol–water partition coefficient (Wildman–Crippen LogP) is 4.90. The lowest BCUT2D eigenvalue weighted by Crippen LogP contribution is -2.33. The molecular weight excluding hydrogens is 448 g/mol. The van der Waals surface area contributed by atoms with Gasteiger partial charge in [0.1, 0.15) is 11.5 Å². The molecule has 1 saturated heterocycles. The van der Waals surface area contributed by atoms with Crippen molar-refractivity contribution in [1.29, 1.82) is 0 Å². The summed E-state index contributed by atoms with van der Waals surface area (Å²) in [6.07, 6.45) is 13.0. The minimum Gasteiger partial charge on any atom is -0.357 e. The van der Waals surface area contributed by atoms with Crippen molar-refractivity contribution in [3.8, 4) is 16.9 Å². The van der Waals surface area contributed by atoms with Gasteiger partial charge in [0, 0.05) is 61.6 Å². The fourth-order valence-electron chi connectivity index (χ4n) is 4.31. The molecule has 0 radical (unpaired) electrons. The summed E-state index contributed by atoms with van der Waals surface area (Å²) in [5.41, 5.74) is 4.41. The number of hydrogen-bond acceptors (Lipinski definition) is 5. The quantitative estimate of drug-likeness (QED) is 0.383. The van der Waals surface area contributed by atoms with Crippen LogP contribution in [0.4, 0.5) is 5.82 Å². The molecule has 0 atom stereocenters. The molecule has 3 aromatic heterocycles. The maximum Gasteiger partial charge on any atom is 0.244 e. The number of amides is 1. The lowest BCUT2D eigenvalue weighted by atomic mass is 9.99. The van der Waals surface area contributed by atoms with Crippen LogP contribution >= 0.6 is 0 Å². The van der Waals surface area contributed by atoms with E-state index in [9.17, 15) is 4.79 Å². The number of anilines is 1. The minimum absolute atomic E-state index is 0.173. The van der Waals surface area contributed by atoms with Gasteiger partial charge in [-0.2, -0.15) is 5.10 Å². The highest BCUT2D eigenvalue weighted by molar-refractivity contribution is 5.92. The molecule has 1 aromatic carbocycles. The molecule has 7 nitrogen and oxygen atoms in total. The number of nitrogens with zero attached hydrogens (tertiary/aromatic N) is 5. The second-order valence-corrected chi connectivity index (χ2v) is 9.20. The first-order chi connectivity index (χ1) is 17.7. The van der Waals surface area contributed by atoms with Gasteiger partial charge in [0.2, 0.25) is 5.91 Å². The van der Waals surface area contributed by atoms with Crippen LogP contribution in [0.1, 0.15) is 30.9 Å². The molecule has 182 valence electrons. The summed E-state index contributed by atoms with van der Waals surface area (Å²) in [5, 5.41) is 7.71. The van der Waals surface area contributed by atoms with E-state index in [0.717, 1.165) is 52.9 Å². The Morgan fingerprint density at radius 2 is 1.89 bits per heavy atom. The Bertz CT molecular complexity index is 1310. The van der Waals surface area contributed by atoms with Crippen molar-refractivity contribution in [3.05, 3.63) is 96.6 Å². The van der Waals surface area contributed by atoms with E-state index in [-0.39, 0.29) is 5.91 Å². The number of para-hydroxylation sites is 1. The van der Waals surface area contributed by atoms with E-state index in [4.69, 9.17) is 5.10 Å². The third kappa shape index (κ3) is 5.68. The first-order valence-electron chi connectivity index (χ1n) is 12.4. The Hall–Kier alpha value is -4.26. The van der Waals surface area contributed by atoms with Gasteiger partial charge in [-0.15, -0.1) is 0 Å². The van der Waals surface area contributed by atoms with Crippen molar-refractivity contribution in [2.24, 2.45) is 5.92 Å². The standard InChI is InChI=1S/C29H30N6O/c1-22-13-16-34(17-14-22)27-11-9-23(18-31-27)19-32-28(36)12-10-25-21-35(26-7-3-2-4-8-26)33-29(25)24-6-5-15-30-20-24/h2-12,15,18,20-22H,13-14,16-17,19H2,1H3,(H,32,36)/b12-10+. The van der Waals surface area contributed by atoms with E-state index >= 15 is 0 Å². The average molecular weight is 479 g/mol. The maximum atomic E-state index is 12.6. The molecule has 1 aliphatic rings. The van der Waals surface area contributed by atoms with Gasteiger partial charge >= 0.3 is 0 Å². The number of carbonyl (C=O) groups excluding carboxylic acids is 1. The van der Waals surface area contributed by atoms with Crippen LogP contribution in [0, 0.1) is 5.92 Å². The Kier molecular flexibility index (Phi) is 7.17. The zero-order valence-electron chi connectivity index (χ0n) is 20.4. The summed E-state index contributed by atoms with van der Waals surface area (Å²) < 4.78 is 1.82. The van der Waals surface area contributed by atoms with E-state index in [1.54, 1.807) is 24.5 Å². The third-order valence-corrected chi connectivity index (χ3v) is 6.50. The highest BCUT2D eigenvalue weighted by atomic mass is 16.1. The predicted molar refractivity (Wildman–Crippen MR) is 143 cm³/mol. The zero-order chi connectivity index (χ0) is 24.7. The molecule has 4 aromatic rings. The second-order valence-electron chi connectivity index (χ2n) is 9.20. The van der Waals surface area contributed by atoms with E-state index in [0.29, 0.717) is 6.54 Å². The first-order valence-corrected chi connectivity index (χ1v) is 12.4. The van der Waals surface area contributed by atoms with Crippen molar-refractivity contribution >= 4 is 17.8 Å². The molecular formula is C29H30N6O. The summed E-state index contributed by atoms with van der Waals surface area (Å²) >= 11 is 0. The van der Waals surface area contributed by atoms with Gasteiger partial charge in [-0.3, -0.25) is 9.78 Å². The first kappa shape index (κ1) is 23.5. The van der Waals surface area contributed by atoms with Gasteiger partial charge in [0.05, 0.1) is 5.69 Å². The van der Waals surface area contributed by atoms with Crippen LogP contribution in [0.25, 0.3) is 23.0 Å². The molecule has 1 amide bonds. The van der Waals surface area contributed by atoms with Crippen LogP contribution in [-0.2, 0) is 11.3 Å². The molecule has 36 heavy (non-hydrogen) atoms. The number of rotatable bonds is 7. The van der Waals surface area contributed by atoms with Gasteiger partial charge in [-0.05, 0) is 60.7 Å². The van der Waals surface area contributed by atoms with E-state index in [1.165, 1.54) is 12.8 Å². The van der Waals surface area contributed by atoms with Gasteiger partial charge in [-0.1, -0.05) is 31.2 Å². The number of piperidine rings is 1. The van der Waals surface area contributed by atoms with Crippen LogP contribution in [-0.4, -0.2) is 38.7 Å². The van der Waals surface area contributed by atoms with Crippen LogP contribution < -0.4 is 10.2 Å². The Balaban J connectivity index is 1.25. The van der Waals surface area contributed by atoms with E-state index < -0.39 is 0 Å². The number of aromatic nitrogens is 4. The topological polar surface area (TPSA) is 75.9 Å². The molecule has 1 aliphatic heterocycles. The van der Waals surface area contributed by atoms with Crippen LogP contribution in [0.2, 0.25) is 0 Å². The highest BCUT2D eigenvalue weighted by Gasteiger charge is 2.16. The van der Waals surface area contributed by atoms with E-state index in [2.05, 4.69) is 27.1 Å². The number of pyridine rings is 2.